The number of nitrogens with zero attached hydrogens (tertiary/aromatic N) is 1. The molecule has 94 valence electrons. The van der Waals surface area contributed by atoms with Gasteiger partial charge in [0.15, 0.2) is 6.10 Å². The molecular weight excluding hydrogens is 370 g/mol. The average molecular weight is 377 g/mol. The first kappa shape index (κ1) is 13.3. The molecule has 2 aromatic heterocycles. The number of aliphatic hydroxyl groups excluding tert-OH is 1. The van der Waals surface area contributed by atoms with Crippen molar-refractivity contribution in [2.45, 2.75) is 6.10 Å². The second kappa shape index (κ2) is 5.21. The Morgan fingerprint density at radius 3 is 2.67 bits per heavy atom. The van der Waals surface area contributed by atoms with E-state index < -0.39 is 12.1 Å². The number of pyridine rings is 1. The van der Waals surface area contributed by atoms with Gasteiger partial charge in [0.2, 0.25) is 5.76 Å². The number of hydrogen-bond donors (Lipinski definition) is 2. The molecule has 2 aromatic rings. The Hall–Kier alpha value is -1.18. The van der Waals surface area contributed by atoms with Gasteiger partial charge in [-0.1, -0.05) is 0 Å². The summed E-state index contributed by atoms with van der Waals surface area (Å²) in [5, 5.41) is 18.8. The Bertz CT molecular complexity index is 596. The van der Waals surface area contributed by atoms with Gasteiger partial charge < -0.3 is 14.6 Å². The summed E-state index contributed by atoms with van der Waals surface area (Å²) in [5.74, 6) is -1.28. The summed E-state index contributed by atoms with van der Waals surface area (Å²) in [6.45, 7) is 0. The van der Waals surface area contributed by atoms with Crippen LogP contribution < -0.4 is 0 Å². The standard InChI is InChI=1S/C11H7Br2NO4/c12-5-3-6(13)9(14-4-5)10(15)7-1-2-8(18-7)11(16)17/h1-4,10,15H,(H,16,17). The van der Waals surface area contributed by atoms with Crippen molar-refractivity contribution in [2.75, 3.05) is 0 Å². The first-order chi connectivity index (χ1) is 8.49. The van der Waals surface area contributed by atoms with Crippen LogP contribution in [0.25, 0.3) is 0 Å². The smallest absolute Gasteiger partial charge is 0.371 e. The van der Waals surface area contributed by atoms with E-state index in [2.05, 4.69) is 36.8 Å². The van der Waals surface area contributed by atoms with E-state index in [0.29, 0.717) is 10.2 Å². The van der Waals surface area contributed by atoms with Crippen LogP contribution in [-0.2, 0) is 0 Å². The fraction of sp³-hybridized carbons (Fsp3) is 0.0909. The normalized spacial score (nSPS) is 12.4. The molecule has 0 saturated heterocycles. The van der Waals surface area contributed by atoms with E-state index in [9.17, 15) is 9.90 Å². The molecule has 1 atom stereocenters. The number of carboxylic acid groups (broad SMARTS) is 1. The van der Waals surface area contributed by atoms with Crippen LogP contribution in [0.15, 0.2) is 37.8 Å². The van der Waals surface area contributed by atoms with Crippen LogP contribution in [0.1, 0.15) is 28.1 Å². The van der Waals surface area contributed by atoms with Crippen molar-refractivity contribution in [1.29, 1.82) is 0 Å². The number of halogens is 2. The van der Waals surface area contributed by atoms with Crippen molar-refractivity contribution in [1.82, 2.24) is 4.98 Å². The molecule has 5 nitrogen and oxygen atoms in total. The number of aliphatic hydroxyl groups is 1. The first-order valence-corrected chi connectivity index (χ1v) is 6.39. The highest BCUT2D eigenvalue weighted by atomic mass is 79.9. The maximum absolute atomic E-state index is 10.7. The molecular formula is C11H7Br2NO4. The molecule has 0 amide bonds. The molecule has 0 saturated carbocycles. The highest BCUT2D eigenvalue weighted by molar-refractivity contribution is 9.11. The molecule has 2 N–H and O–H groups in total. The van der Waals surface area contributed by atoms with E-state index in [4.69, 9.17) is 9.52 Å². The Morgan fingerprint density at radius 2 is 2.11 bits per heavy atom. The summed E-state index contributed by atoms with van der Waals surface area (Å²) >= 11 is 6.52. The minimum Gasteiger partial charge on any atom is -0.475 e. The monoisotopic (exact) mass is 375 g/mol. The van der Waals surface area contributed by atoms with Gasteiger partial charge in [0.25, 0.3) is 0 Å². The van der Waals surface area contributed by atoms with Gasteiger partial charge >= 0.3 is 5.97 Å². The Morgan fingerprint density at radius 1 is 1.39 bits per heavy atom. The van der Waals surface area contributed by atoms with Crippen LogP contribution in [-0.4, -0.2) is 21.2 Å². The lowest BCUT2D eigenvalue weighted by atomic mass is 10.2. The van der Waals surface area contributed by atoms with Gasteiger partial charge in [-0.3, -0.25) is 4.98 Å². The lowest BCUT2D eigenvalue weighted by Gasteiger charge is -2.09. The summed E-state index contributed by atoms with van der Waals surface area (Å²) in [5.41, 5.74) is 0.351. The topological polar surface area (TPSA) is 83.6 Å². The van der Waals surface area contributed by atoms with Crippen molar-refractivity contribution < 1.29 is 19.4 Å². The van der Waals surface area contributed by atoms with Crippen LogP contribution in [0.5, 0.6) is 0 Å². The zero-order valence-electron chi connectivity index (χ0n) is 8.80. The van der Waals surface area contributed by atoms with Gasteiger partial charge in [-0.15, -0.1) is 0 Å². The van der Waals surface area contributed by atoms with Crippen LogP contribution >= 0.6 is 31.9 Å². The number of carbonyl (C=O) groups is 1. The largest absolute Gasteiger partial charge is 0.475 e. The third-order valence-electron chi connectivity index (χ3n) is 2.20. The van der Waals surface area contributed by atoms with Gasteiger partial charge in [0.1, 0.15) is 5.76 Å². The van der Waals surface area contributed by atoms with Gasteiger partial charge in [0.05, 0.1) is 5.69 Å². The first-order valence-electron chi connectivity index (χ1n) is 4.81. The van der Waals surface area contributed by atoms with E-state index in [-0.39, 0.29) is 11.5 Å². The van der Waals surface area contributed by atoms with Crippen molar-refractivity contribution >= 4 is 37.8 Å². The maximum atomic E-state index is 10.7. The van der Waals surface area contributed by atoms with E-state index in [1.165, 1.54) is 18.3 Å². The number of aromatic nitrogens is 1. The molecule has 0 fully saturated rings. The molecule has 0 aliphatic carbocycles. The molecule has 0 aliphatic rings. The highest BCUT2D eigenvalue weighted by Gasteiger charge is 2.20. The zero-order chi connectivity index (χ0) is 13.3. The predicted molar refractivity (Wildman–Crippen MR) is 69.4 cm³/mol. The number of aromatic carboxylic acids is 1. The third-order valence-corrected chi connectivity index (χ3v) is 3.27. The molecule has 1 unspecified atom stereocenters. The molecule has 0 aliphatic heterocycles. The summed E-state index contributed by atoms with van der Waals surface area (Å²) in [7, 11) is 0. The van der Waals surface area contributed by atoms with Crippen LogP contribution in [0, 0.1) is 0 Å². The maximum Gasteiger partial charge on any atom is 0.371 e. The lowest BCUT2D eigenvalue weighted by molar-refractivity contribution is 0.0654. The summed E-state index contributed by atoms with van der Waals surface area (Å²) in [6.07, 6.45) is 0.408. The lowest BCUT2D eigenvalue weighted by Crippen LogP contribution is -2.02. The van der Waals surface area contributed by atoms with E-state index in [0.717, 1.165) is 4.47 Å². The molecule has 0 spiro atoms. The predicted octanol–water partition coefficient (Wildman–Crippen LogP) is 2.98. The fourth-order valence-corrected chi connectivity index (χ4v) is 2.58. The summed E-state index contributed by atoms with van der Waals surface area (Å²) in [6, 6.07) is 4.42. The third kappa shape index (κ3) is 2.63. The van der Waals surface area contributed by atoms with E-state index in [1.54, 1.807) is 6.07 Å². The molecule has 2 heterocycles. The van der Waals surface area contributed by atoms with Crippen LogP contribution in [0.2, 0.25) is 0 Å². The SMILES string of the molecule is O=C(O)c1ccc(C(O)c2ncc(Br)cc2Br)o1. The Kier molecular flexibility index (Phi) is 3.84. The minimum absolute atomic E-state index is 0.128. The van der Waals surface area contributed by atoms with Crippen molar-refractivity contribution in [3.05, 3.63) is 50.6 Å². The number of carboxylic acids is 1. The minimum atomic E-state index is -1.18. The van der Waals surface area contributed by atoms with Crippen LogP contribution in [0.4, 0.5) is 0 Å². The van der Waals surface area contributed by atoms with Crippen molar-refractivity contribution in [3.8, 4) is 0 Å². The summed E-state index contributed by atoms with van der Waals surface area (Å²) in [4.78, 5) is 14.7. The Labute approximate surface area is 119 Å². The van der Waals surface area contributed by atoms with E-state index >= 15 is 0 Å². The second-order valence-corrected chi connectivity index (χ2v) is 5.20. The van der Waals surface area contributed by atoms with Crippen molar-refractivity contribution in [2.24, 2.45) is 0 Å². The van der Waals surface area contributed by atoms with Gasteiger partial charge in [-0.25, -0.2) is 4.79 Å². The van der Waals surface area contributed by atoms with Gasteiger partial charge in [-0.05, 0) is 50.1 Å². The summed E-state index contributed by atoms with van der Waals surface area (Å²) < 4.78 is 6.38. The molecule has 0 aromatic carbocycles. The fourth-order valence-electron chi connectivity index (χ4n) is 1.38. The Balaban J connectivity index is 2.35. The molecule has 18 heavy (non-hydrogen) atoms. The second-order valence-electron chi connectivity index (χ2n) is 3.43. The quantitative estimate of drug-likeness (QED) is 0.860. The molecule has 0 radical (unpaired) electrons. The molecule has 2 rings (SSSR count). The van der Waals surface area contributed by atoms with Crippen molar-refractivity contribution in [3.63, 3.8) is 0 Å². The number of hydrogen-bond acceptors (Lipinski definition) is 4. The van der Waals surface area contributed by atoms with Gasteiger partial charge in [0, 0.05) is 15.1 Å². The van der Waals surface area contributed by atoms with Crippen LogP contribution in [0.3, 0.4) is 0 Å². The average Bonchev–Trinajstić information content (AvgIpc) is 2.77. The van der Waals surface area contributed by atoms with Gasteiger partial charge in [-0.2, -0.15) is 0 Å². The van der Waals surface area contributed by atoms with E-state index in [1.807, 2.05) is 0 Å². The number of furan rings is 1. The number of rotatable bonds is 3. The zero-order valence-corrected chi connectivity index (χ0v) is 12.0. The molecule has 7 heteroatoms. The highest BCUT2D eigenvalue weighted by Crippen LogP contribution is 2.29. The molecule has 0 bridgehead atoms.